The Labute approximate surface area is 118 Å². The van der Waals surface area contributed by atoms with Crippen LogP contribution in [0.1, 0.15) is 30.9 Å². The van der Waals surface area contributed by atoms with Crippen molar-refractivity contribution in [1.82, 2.24) is 9.97 Å². The average molecular weight is 274 g/mol. The Balaban J connectivity index is 2.05. The summed E-state index contributed by atoms with van der Waals surface area (Å²) in [7, 11) is 0. The average Bonchev–Trinajstić information content (AvgIpc) is 2.40. The molecule has 1 aromatic carbocycles. The molecule has 5 heteroatoms. The van der Waals surface area contributed by atoms with Crippen molar-refractivity contribution in [3.8, 4) is 0 Å². The SMILES string of the molecule is CC(C)c1c(N)ncnc1NCCc1ccccc1F. The second-order valence-electron chi connectivity index (χ2n) is 4.94. The van der Waals surface area contributed by atoms with Crippen molar-refractivity contribution in [2.45, 2.75) is 26.2 Å². The Bertz CT molecular complexity index is 584. The smallest absolute Gasteiger partial charge is 0.134 e. The van der Waals surface area contributed by atoms with Gasteiger partial charge in [-0.15, -0.1) is 0 Å². The van der Waals surface area contributed by atoms with E-state index in [1.165, 1.54) is 12.4 Å². The molecule has 106 valence electrons. The lowest BCUT2D eigenvalue weighted by atomic mass is 10.0. The van der Waals surface area contributed by atoms with E-state index in [-0.39, 0.29) is 11.7 Å². The number of nitrogens with one attached hydrogen (secondary N) is 1. The number of halogens is 1. The minimum absolute atomic E-state index is 0.180. The van der Waals surface area contributed by atoms with Crippen LogP contribution in [-0.4, -0.2) is 16.5 Å². The van der Waals surface area contributed by atoms with Crippen LogP contribution in [0.15, 0.2) is 30.6 Å². The molecule has 2 aromatic rings. The molecule has 0 atom stereocenters. The van der Waals surface area contributed by atoms with Crippen LogP contribution in [0.4, 0.5) is 16.0 Å². The zero-order valence-corrected chi connectivity index (χ0v) is 11.7. The van der Waals surface area contributed by atoms with Crippen molar-refractivity contribution >= 4 is 11.6 Å². The van der Waals surface area contributed by atoms with Gasteiger partial charge in [-0.2, -0.15) is 0 Å². The number of nitrogens with zero attached hydrogens (tertiary/aromatic N) is 2. The molecule has 0 aliphatic rings. The Hall–Kier alpha value is -2.17. The molecule has 20 heavy (non-hydrogen) atoms. The molecule has 0 bridgehead atoms. The number of rotatable bonds is 5. The van der Waals surface area contributed by atoms with E-state index in [0.29, 0.717) is 24.3 Å². The lowest BCUT2D eigenvalue weighted by molar-refractivity contribution is 0.610. The molecular weight excluding hydrogens is 255 g/mol. The summed E-state index contributed by atoms with van der Waals surface area (Å²) in [5, 5.41) is 3.21. The summed E-state index contributed by atoms with van der Waals surface area (Å²) in [4.78, 5) is 8.23. The number of hydrogen-bond acceptors (Lipinski definition) is 4. The molecule has 3 N–H and O–H groups in total. The standard InChI is InChI=1S/C15H19FN4/c1-10(2)13-14(17)19-9-20-15(13)18-8-7-11-5-3-4-6-12(11)16/h3-6,9-10H,7-8H2,1-2H3,(H3,17,18,19,20). The van der Waals surface area contributed by atoms with Gasteiger partial charge in [-0.25, -0.2) is 14.4 Å². The predicted molar refractivity (Wildman–Crippen MR) is 79.1 cm³/mol. The van der Waals surface area contributed by atoms with Crippen LogP contribution in [0.2, 0.25) is 0 Å². The Morgan fingerprint density at radius 1 is 1.25 bits per heavy atom. The van der Waals surface area contributed by atoms with Crippen LogP contribution >= 0.6 is 0 Å². The molecule has 0 saturated carbocycles. The number of benzene rings is 1. The molecule has 1 aromatic heterocycles. The van der Waals surface area contributed by atoms with Gasteiger partial charge in [0.05, 0.1) is 0 Å². The van der Waals surface area contributed by atoms with Gasteiger partial charge < -0.3 is 11.1 Å². The van der Waals surface area contributed by atoms with E-state index in [1.54, 1.807) is 12.1 Å². The van der Waals surface area contributed by atoms with Crippen molar-refractivity contribution in [1.29, 1.82) is 0 Å². The molecule has 0 spiro atoms. The summed E-state index contributed by atoms with van der Waals surface area (Å²) in [6.07, 6.45) is 2.03. The number of nitrogens with two attached hydrogens (primary N) is 1. The maximum absolute atomic E-state index is 13.5. The van der Waals surface area contributed by atoms with E-state index in [2.05, 4.69) is 15.3 Å². The third-order valence-corrected chi connectivity index (χ3v) is 3.14. The number of hydrogen-bond donors (Lipinski definition) is 2. The second kappa shape index (κ2) is 6.32. The fraction of sp³-hybridized carbons (Fsp3) is 0.333. The Kier molecular flexibility index (Phi) is 4.50. The van der Waals surface area contributed by atoms with Crippen LogP contribution in [0.5, 0.6) is 0 Å². The zero-order chi connectivity index (χ0) is 14.5. The number of anilines is 2. The largest absolute Gasteiger partial charge is 0.383 e. The minimum Gasteiger partial charge on any atom is -0.383 e. The number of aromatic nitrogens is 2. The molecule has 0 aliphatic heterocycles. The van der Waals surface area contributed by atoms with Gasteiger partial charge in [0.2, 0.25) is 0 Å². The highest BCUT2D eigenvalue weighted by molar-refractivity contribution is 5.56. The van der Waals surface area contributed by atoms with E-state index >= 15 is 0 Å². The van der Waals surface area contributed by atoms with Crippen LogP contribution < -0.4 is 11.1 Å². The summed E-state index contributed by atoms with van der Waals surface area (Å²) < 4.78 is 13.5. The highest BCUT2D eigenvalue weighted by Gasteiger charge is 2.12. The summed E-state index contributed by atoms with van der Waals surface area (Å²) in [5.41, 5.74) is 7.47. The molecule has 4 nitrogen and oxygen atoms in total. The van der Waals surface area contributed by atoms with Gasteiger partial charge in [0.1, 0.15) is 23.8 Å². The first-order chi connectivity index (χ1) is 9.59. The molecule has 0 amide bonds. The zero-order valence-electron chi connectivity index (χ0n) is 11.7. The lowest BCUT2D eigenvalue weighted by Crippen LogP contribution is -2.12. The fourth-order valence-corrected chi connectivity index (χ4v) is 2.14. The van der Waals surface area contributed by atoms with Gasteiger partial charge in [-0.05, 0) is 24.0 Å². The quantitative estimate of drug-likeness (QED) is 0.879. The number of nitrogen functional groups attached to an aromatic ring is 1. The third kappa shape index (κ3) is 3.23. The molecule has 0 saturated heterocycles. The third-order valence-electron chi connectivity index (χ3n) is 3.14. The highest BCUT2D eigenvalue weighted by Crippen LogP contribution is 2.26. The van der Waals surface area contributed by atoms with Crippen molar-refractivity contribution in [3.63, 3.8) is 0 Å². The first kappa shape index (κ1) is 14.2. The maximum atomic E-state index is 13.5. The Morgan fingerprint density at radius 3 is 2.70 bits per heavy atom. The molecule has 0 unspecified atom stereocenters. The maximum Gasteiger partial charge on any atom is 0.134 e. The predicted octanol–water partition coefficient (Wildman–Crippen LogP) is 2.98. The van der Waals surface area contributed by atoms with Gasteiger partial charge in [0.15, 0.2) is 0 Å². The summed E-state index contributed by atoms with van der Waals surface area (Å²) in [6.45, 7) is 4.67. The van der Waals surface area contributed by atoms with E-state index in [4.69, 9.17) is 5.73 Å². The van der Waals surface area contributed by atoms with Gasteiger partial charge in [-0.1, -0.05) is 32.0 Å². The molecule has 0 aliphatic carbocycles. The van der Waals surface area contributed by atoms with Crippen LogP contribution in [0.25, 0.3) is 0 Å². The fourth-order valence-electron chi connectivity index (χ4n) is 2.14. The first-order valence-electron chi connectivity index (χ1n) is 6.67. The van der Waals surface area contributed by atoms with Crippen LogP contribution in [0.3, 0.4) is 0 Å². The van der Waals surface area contributed by atoms with Crippen LogP contribution in [-0.2, 0) is 6.42 Å². The van der Waals surface area contributed by atoms with E-state index in [1.807, 2.05) is 19.9 Å². The second-order valence-corrected chi connectivity index (χ2v) is 4.94. The molecule has 2 rings (SSSR count). The van der Waals surface area contributed by atoms with Gasteiger partial charge >= 0.3 is 0 Å². The molecule has 0 fully saturated rings. The van der Waals surface area contributed by atoms with E-state index in [9.17, 15) is 4.39 Å². The monoisotopic (exact) mass is 274 g/mol. The highest BCUT2D eigenvalue weighted by atomic mass is 19.1. The normalized spacial score (nSPS) is 10.8. The van der Waals surface area contributed by atoms with Crippen molar-refractivity contribution < 1.29 is 4.39 Å². The van der Waals surface area contributed by atoms with E-state index in [0.717, 1.165) is 11.4 Å². The minimum atomic E-state index is -0.180. The summed E-state index contributed by atoms with van der Waals surface area (Å²) >= 11 is 0. The first-order valence-corrected chi connectivity index (χ1v) is 6.67. The van der Waals surface area contributed by atoms with Crippen LogP contribution in [0, 0.1) is 5.82 Å². The topological polar surface area (TPSA) is 63.8 Å². The summed E-state index contributed by atoms with van der Waals surface area (Å²) in [6, 6.07) is 6.78. The van der Waals surface area contributed by atoms with E-state index < -0.39 is 0 Å². The van der Waals surface area contributed by atoms with Gasteiger partial charge in [-0.3, -0.25) is 0 Å². The van der Waals surface area contributed by atoms with Crippen molar-refractivity contribution in [2.75, 3.05) is 17.6 Å². The molecule has 1 heterocycles. The summed E-state index contributed by atoms with van der Waals surface area (Å²) in [5.74, 6) is 1.26. The lowest BCUT2D eigenvalue weighted by Gasteiger charge is -2.14. The van der Waals surface area contributed by atoms with Gasteiger partial charge in [0.25, 0.3) is 0 Å². The molecular formula is C15H19FN4. The van der Waals surface area contributed by atoms with Crippen molar-refractivity contribution in [3.05, 3.63) is 47.5 Å². The van der Waals surface area contributed by atoms with Gasteiger partial charge in [0, 0.05) is 12.1 Å². The Morgan fingerprint density at radius 2 is 2.00 bits per heavy atom. The van der Waals surface area contributed by atoms with Crippen molar-refractivity contribution in [2.24, 2.45) is 0 Å². The molecule has 0 radical (unpaired) electrons.